The molecule has 2 N–H and O–H groups in total. The molecule has 0 saturated heterocycles. The largest absolute Gasteiger partial charge is 0.338 e. The molecule has 1 atom stereocenters. The highest BCUT2D eigenvalue weighted by atomic mass is 32.2. The van der Waals surface area contributed by atoms with Crippen LogP contribution in [-0.4, -0.2) is 43.5 Å². The van der Waals surface area contributed by atoms with Gasteiger partial charge in [0.2, 0.25) is 5.91 Å². The molecule has 23 heavy (non-hydrogen) atoms. The van der Waals surface area contributed by atoms with Crippen molar-refractivity contribution in [2.24, 2.45) is 13.0 Å². The highest BCUT2D eigenvalue weighted by molar-refractivity contribution is 8.00. The number of aryl methyl sites for hydroxylation is 1. The molecule has 0 aromatic carbocycles. The summed E-state index contributed by atoms with van der Waals surface area (Å²) < 4.78 is 1.64. The molecular formula is C14H20N6O2S. The number of amides is 3. The van der Waals surface area contributed by atoms with E-state index >= 15 is 0 Å². The van der Waals surface area contributed by atoms with Gasteiger partial charge in [0.25, 0.3) is 0 Å². The number of urea groups is 1. The van der Waals surface area contributed by atoms with Crippen LogP contribution in [-0.2, 0) is 11.8 Å². The Bertz CT molecular complexity index is 714. The fourth-order valence-corrected chi connectivity index (χ4v) is 2.69. The van der Waals surface area contributed by atoms with Crippen LogP contribution in [0.2, 0.25) is 0 Å². The average molecular weight is 336 g/mol. The maximum absolute atomic E-state index is 12.1. The third-order valence-corrected chi connectivity index (χ3v) is 4.17. The first-order valence-corrected chi connectivity index (χ1v) is 8.14. The molecule has 0 radical (unpaired) electrons. The Labute approximate surface area is 138 Å². The highest BCUT2D eigenvalue weighted by Crippen LogP contribution is 2.27. The second-order valence-corrected chi connectivity index (χ2v) is 6.87. The molecule has 0 aliphatic heterocycles. The third kappa shape index (κ3) is 4.41. The molecule has 0 spiro atoms. The molecule has 2 aromatic heterocycles. The lowest BCUT2D eigenvalue weighted by molar-refractivity contribution is -0.119. The second kappa shape index (κ2) is 7.40. The first kappa shape index (κ1) is 17.2. The topological polar surface area (TPSA) is 102 Å². The van der Waals surface area contributed by atoms with Gasteiger partial charge in [-0.1, -0.05) is 25.6 Å². The lowest BCUT2D eigenvalue weighted by Crippen LogP contribution is -2.43. The third-order valence-electron chi connectivity index (χ3n) is 3.06. The van der Waals surface area contributed by atoms with Gasteiger partial charge in [-0.3, -0.25) is 14.8 Å². The van der Waals surface area contributed by atoms with E-state index in [2.05, 4.69) is 25.7 Å². The fourth-order valence-electron chi connectivity index (χ4n) is 1.81. The summed E-state index contributed by atoms with van der Waals surface area (Å²) in [6.45, 7) is 6.20. The smallest absolute Gasteiger partial charge is 0.321 e. The van der Waals surface area contributed by atoms with Crippen molar-refractivity contribution in [2.45, 2.75) is 31.0 Å². The van der Waals surface area contributed by atoms with Crippen molar-refractivity contribution in [3.05, 3.63) is 12.5 Å². The quantitative estimate of drug-likeness (QED) is 0.631. The van der Waals surface area contributed by atoms with Crippen LogP contribution in [0.4, 0.5) is 4.79 Å². The number of thioether (sulfide) groups is 1. The summed E-state index contributed by atoms with van der Waals surface area (Å²) in [5.41, 5.74) is 0.699. The number of rotatable bonds is 5. The Kier molecular flexibility index (Phi) is 5.54. The van der Waals surface area contributed by atoms with Crippen molar-refractivity contribution in [3.63, 3.8) is 0 Å². The van der Waals surface area contributed by atoms with Gasteiger partial charge in [0.15, 0.2) is 5.65 Å². The predicted molar refractivity (Wildman–Crippen MR) is 88.0 cm³/mol. The van der Waals surface area contributed by atoms with Gasteiger partial charge in [0, 0.05) is 13.6 Å². The zero-order valence-electron chi connectivity index (χ0n) is 13.5. The summed E-state index contributed by atoms with van der Waals surface area (Å²) in [4.78, 5) is 32.1. The molecule has 0 aliphatic carbocycles. The molecule has 9 heteroatoms. The monoisotopic (exact) mass is 336 g/mol. The molecule has 2 heterocycles. The van der Waals surface area contributed by atoms with E-state index in [0.29, 0.717) is 23.1 Å². The van der Waals surface area contributed by atoms with E-state index in [9.17, 15) is 9.59 Å². The van der Waals surface area contributed by atoms with Gasteiger partial charge in [0.1, 0.15) is 11.4 Å². The molecule has 0 unspecified atom stereocenters. The van der Waals surface area contributed by atoms with Crippen molar-refractivity contribution in [1.29, 1.82) is 0 Å². The molecule has 0 fully saturated rings. The number of nitrogens with zero attached hydrogens (tertiary/aromatic N) is 4. The summed E-state index contributed by atoms with van der Waals surface area (Å²) in [6, 6.07) is -0.481. The minimum absolute atomic E-state index is 0.322. The van der Waals surface area contributed by atoms with Crippen molar-refractivity contribution < 1.29 is 9.59 Å². The zero-order chi connectivity index (χ0) is 17.0. The van der Waals surface area contributed by atoms with Gasteiger partial charge in [0.05, 0.1) is 16.8 Å². The van der Waals surface area contributed by atoms with Crippen LogP contribution in [0.15, 0.2) is 17.6 Å². The van der Waals surface area contributed by atoms with Gasteiger partial charge in [-0.25, -0.2) is 14.8 Å². The molecule has 3 amide bonds. The van der Waals surface area contributed by atoms with E-state index in [0.717, 1.165) is 5.39 Å². The van der Waals surface area contributed by atoms with E-state index in [1.165, 1.54) is 18.1 Å². The summed E-state index contributed by atoms with van der Waals surface area (Å²) in [7, 11) is 1.79. The Balaban J connectivity index is 1.99. The maximum Gasteiger partial charge on any atom is 0.321 e. The predicted octanol–water partition coefficient (Wildman–Crippen LogP) is 1.33. The van der Waals surface area contributed by atoms with E-state index < -0.39 is 11.3 Å². The van der Waals surface area contributed by atoms with E-state index in [1.54, 1.807) is 24.9 Å². The SMILES string of the molecule is CC(C)CNC(=O)NC(=O)[C@H](C)Sc1ncnc2c1cnn2C. The van der Waals surface area contributed by atoms with Crippen molar-refractivity contribution in [1.82, 2.24) is 30.4 Å². The molecule has 124 valence electrons. The Morgan fingerprint density at radius 3 is 2.74 bits per heavy atom. The van der Waals surface area contributed by atoms with Crippen LogP contribution in [0.5, 0.6) is 0 Å². The van der Waals surface area contributed by atoms with Crippen molar-refractivity contribution >= 4 is 34.7 Å². The molecule has 8 nitrogen and oxygen atoms in total. The minimum Gasteiger partial charge on any atom is -0.338 e. The molecule has 0 saturated carbocycles. The van der Waals surface area contributed by atoms with Crippen molar-refractivity contribution in [3.8, 4) is 0 Å². The van der Waals surface area contributed by atoms with E-state index in [1.807, 2.05) is 13.8 Å². The molecule has 0 bridgehead atoms. The number of hydrogen-bond acceptors (Lipinski definition) is 6. The number of imide groups is 1. The summed E-state index contributed by atoms with van der Waals surface area (Å²) in [5.74, 6) is -0.0468. The van der Waals surface area contributed by atoms with Crippen LogP contribution in [0, 0.1) is 5.92 Å². The first-order chi connectivity index (χ1) is 10.9. The number of hydrogen-bond donors (Lipinski definition) is 2. The van der Waals surface area contributed by atoms with Gasteiger partial charge in [-0.2, -0.15) is 5.10 Å². The summed E-state index contributed by atoms with van der Waals surface area (Å²) >= 11 is 1.26. The summed E-state index contributed by atoms with van der Waals surface area (Å²) in [6.07, 6.45) is 3.10. The average Bonchev–Trinajstić information content (AvgIpc) is 2.88. The molecule has 2 aromatic rings. The van der Waals surface area contributed by atoms with Gasteiger partial charge < -0.3 is 5.32 Å². The highest BCUT2D eigenvalue weighted by Gasteiger charge is 2.19. The zero-order valence-corrected chi connectivity index (χ0v) is 14.3. The number of carbonyl (C=O) groups is 2. The fraction of sp³-hybridized carbons (Fsp3) is 0.500. The maximum atomic E-state index is 12.1. The lowest BCUT2D eigenvalue weighted by Gasteiger charge is -2.12. The van der Waals surface area contributed by atoms with Crippen molar-refractivity contribution in [2.75, 3.05) is 6.54 Å². The van der Waals surface area contributed by atoms with Crippen LogP contribution >= 0.6 is 11.8 Å². The molecular weight excluding hydrogens is 316 g/mol. The number of fused-ring (bicyclic) bond motifs is 1. The second-order valence-electron chi connectivity index (χ2n) is 5.54. The minimum atomic E-state index is -0.481. The van der Waals surface area contributed by atoms with Gasteiger partial charge in [-0.05, 0) is 12.8 Å². The summed E-state index contributed by atoms with van der Waals surface area (Å²) in [5, 5.41) is 10.1. The molecule has 0 aliphatic rings. The van der Waals surface area contributed by atoms with Crippen LogP contribution in [0.25, 0.3) is 11.0 Å². The van der Waals surface area contributed by atoms with Crippen LogP contribution in [0.1, 0.15) is 20.8 Å². The first-order valence-electron chi connectivity index (χ1n) is 7.26. The van der Waals surface area contributed by atoms with Gasteiger partial charge in [-0.15, -0.1) is 0 Å². The van der Waals surface area contributed by atoms with Crippen LogP contribution < -0.4 is 10.6 Å². The van der Waals surface area contributed by atoms with Crippen LogP contribution in [0.3, 0.4) is 0 Å². The molecule has 2 rings (SSSR count). The Morgan fingerprint density at radius 1 is 1.30 bits per heavy atom. The van der Waals surface area contributed by atoms with E-state index in [-0.39, 0.29) is 5.91 Å². The standard InChI is InChI=1S/C14H20N6O2S/c1-8(2)5-15-14(22)19-12(21)9(3)23-13-10-6-18-20(4)11(10)16-7-17-13/h6-9H,5H2,1-4H3,(H2,15,19,21,22)/t9-/m0/s1. The number of aromatic nitrogens is 4. The lowest BCUT2D eigenvalue weighted by atomic mass is 10.2. The number of carbonyl (C=O) groups excluding carboxylic acids is 2. The van der Waals surface area contributed by atoms with E-state index in [4.69, 9.17) is 0 Å². The Hall–Kier alpha value is -2.16. The number of nitrogens with one attached hydrogen (secondary N) is 2. The van der Waals surface area contributed by atoms with Gasteiger partial charge >= 0.3 is 6.03 Å². The Morgan fingerprint density at radius 2 is 2.04 bits per heavy atom. The normalized spacial score (nSPS) is 12.4.